The number of sulfonamides is 1. The number of anilines is 2. The van der Waals surface area contributed by atoms with E-state index in [-0.39, 0.29) is 21.7 Å². The summed E-state index contributed by atoms with van der Waals surface area (Å²) in [7, 11) is -3.77. The number of nitrogens with zero attached hydrogens (tertiary/aromatic N) is 1. The number of amidine groups is 1. The molecule has 0 fully saturated rings. The molecule has 0 radical (unpaired) electrons. The Hall–Kier alpha value is -2.03. The SMILES string of the molecule is Cc1ccc2c(c1)NC(SCC(=O)Nc1cc(Cl)ccc1C)=NS2(=O)=O. The highest BCUT2D eigenvalue weighted by atomic mass is 35.5. The van der Waals surface area contributed by atoms with Gasteiger partial charge in [0.25, 0.3) is 10.0 Å². The van der Waals surface area contributed by atoms with Crippen molar-refractivity contribution in [3.8, 4) is 0 Å². The van der Waals surface area contributed by atoms with Crippen LogP contribution in [0.1, 0.15) is 11.1 Å². The van der Waals surface area contributed by atoms with Crippen molar-refractivity contribution >= 4 is 55.8 Å². The quantitative estimate of drug-likeness (QED) is 0.805. The van der Waals surface area contributed by atoms with E-state index in [1.165, 1.54) is 6.07 Å². The number of carbonyl (C=O) groups is 1. The summed E-state index contributed by atoms with van der Waals surface area (Å²) in [6, 6.07) is 10.2. The van der Waals surface area contributed by atoms with E-state index in [2.05, 4.69) is 15.0 Å². The van der Waals surface area contributed by atoms with Gasteiger partial charge in [0.05, 0.1) is 11.4 Å². The molecule has 26 heavy (non-hydrogen) atoms. The Kier molecular flexibility index (Phi) is 5.27. The van der Waals surface area contributed by atoms with Gasteiger partial charge in [-0.15, -0.1) is 4.40 Å². The van der Waals surface area contributed by atoms with E-state index < -0.39 is 10.0 Å². The molecule has 1 amide bonds. The van der Waals surface area contributed by atoms with Gasteiger partial charge in [0, 0.05) is 10.7 Å². The molecule has 2 aromatic carbocycles. The summed E-state index contributed by atoms with van der Waals surface area (Å²) >= 11 is 6.96. The molecule has 1 heterocycles. The number of thioether (sulfide) groups is 1. The predicted octanol–water partition coefficient (Wildman–Crippen LogP) is 3.80. The minimum absolute atomic E-state index is 0.00839. The fourth-order valence-corrected chi connectivity index (χ4v) is 4.56. The molecule has 0 bridgehead atoms. The molecule has 0 aromatic heterocycles. The smallest absolute Gasteiger partial charge is 0.286 e. The molecule has 136 valence electrons. The summed E-state index contributed by atoms with van der Waals surface area (Å²) in [5.74, 6) is -0.272. The van der Waals surface area contributed by atoms with Crippen LogP contribution in [0.5, 0.6) is 0 Å². The number of benzene rings is 2. The van der Waals surface area contributed by atoms with Crippen molar-refractivity contribution in [1.29, 1.82) is 0 Å². The molecule has 0 atom stereocenters. The van der Waals surface area contributed by atoms with E-state index in [1.807, 2.05) is 19.9 Å². The Morgan fingerprint density at radius 1 is 1.23 bits per heavy atom. The average molecular weight is 410 g/mol. The van der Waals surface area contributed by atoms with Crippen molar-refractivity contribution in [1.82, 2.24) is 0 Å². The van der Waals surface area contributed by atoms with Gasteiger partial charge in [-0.2, -0.15) is 8.42 Å². The van der Waals surface area contributed by atoms with Crippen molar-refractivity contribution in [2.45, 2.75) is 18.7 Å². The van der Waals surface area contributed by atoms with Crippen molar-refractivity contribution in [2.75, 3.05) is 16.4 Å². The Bertz CT molecular complexity index is 1020. The standard InChI is InChI=1S/C17H16ClN3O3S2/c1-10-3-6-15-14(7-10)20-17(21-26(15,23)24)25-9-16(22)19-13-8-12(18)5-4-11(13)2/h3-8H,9H2,1-2H3,(H,19,22)(H,20,21). The number of nitrogens with one attached hydrogen (secondary N) is 2. The molecule has 9 heteroatoms. The Balaban J connectivity index is 1.69. The second kappa shape index (κ2) is 7.30. The van der Waals surface area contributed by atoms with Gasteiger partial charge in [0.1, 0.15) is 4.90 Å². The fourth-order valence-electron chi connectivity index (χ4n) is 2.37. The zero-order valence-electron chi connectivity index (χ0n) is 14.0. The van der Waals surface area contributed by atoms with E-state index in [4.69, 9.17) is 11.6 Å². The predicted molar refractivity (Wildman–Crippen MR) is 107 cm³/mol. The highest BCUT2D eigenvalue weighted by Crippen LogP contribution is 2.30. The Morgan fingerprint density at radius 3 is 2.77 bits per heavy atom. The number of fused-ring (bicyclic) bond motifs is 1. The first-order valence-electron chi connectivity index (χ1n) is 7.66. The largest absolute Gasteiger partial charge is 0.333 e. The lowest BCUT2D eigenvalue weighted by Crippen LogP contribution is -2.22. The number of halogens is 1. The molecular weight excluding hydrogens is 394 g/mol. The zero-order chi connectivity index (χ0) is 18.9. The van der Waals surface area contributed by atoms with Gasteiger partial charge in [-0.25, -0.2) is 0 Å². The van der Waals surface area contributed by atoms with E-state index >= 15 is 0 Å². The van der Waals surface area contributed by atoms with Crippen LogP contribution >= 0.6 is 23.4 Å². The highest BCUT2D eigenvalue weighted by Gasteiger charge is 2.25. The number of amides is 1. The van der Waals surface area contributed by atoms with Gasteiger partial charge < -0.3 is 10.6 Å². The van der Waals surface area contributed by atoms with Gasteiger partial charge in [0.15, 0.2) is 5.17 Å². The van der Waals surface area contributed by atoms with Crippen LogP contribution in [-0.2, 0) is 14.8 Å². The summed E-state index contributed by atoms with van der Waals surface area (Å²) in [5, 5.41) is 6.42. The average Bonchev–Trinajstić information content (AvgIpc) is 2.55. The van der Waals surface area contributed by atoms with Gasteiger partial charge in [-0.3, -0.25) is 4.79 Å². The van der Waals surface area contributed by atoms with Gasteiger partial charge >= 0.3 is 0 Å². The first-order chi connectivity index (χ1) is 12.2. The van der Waals surface area contributed by atoms with Crippen molar-refractivity contribution in [2.24, 2.45) is 4.40 Å². The maximum absolute atomic E-state index is 12.3. The van der Waals surface area contributed by atoms with Crippen LogP contribution in [0.15, 0.2) is 45.7 Å². The zero-order valence-corrected chi connectivity index (χ0v) is 16.4. The molecule has 0 aliphatic carbocycles. The lowest BCUT2D eigenvalue weighted by Gasteiger charge is -2.18. The summed E-state index contributed by atoms with van der Waals surface area (Å²) in [4.78, 5) is 12.3. The van der Waals surface area contributed by atoms with Crippen molar-refractivity contribution < 1.29 is 13.2 Å². The molecule has 2 aromatic rings. The second-order valence-electron chi connectivity index (χ2n) is 5.79. The Labute approximate surface area is 161 Å². The maximum atomic E-state index is 12.3. The molecule has 0 spiro atoms. The van der Waals surface area contributed by atoms with Gasteiger partial charge in [-0.05, 0) is 49.2 Å². The summed E-state index contributed by atoms with van der Waals surface area (Å²) in [6.07, 6.45) is 0. The molecule has 0 unspecified atom stereocenters. The summed E-state index contributed by atoms with van der Waals surface area (Å²) < 4.78 is 28.2. The minimum atomic E-state index is -3.77. The van der Waals surface area contributed by atoms with Crippen LogP contribution in [0.4, 0.5) is 11.4 Å². The van der Waals surface area contributed by atoms with Crippen LogP contribution in [0, 0.1) is 13.8 Å². The number of rotatable bonds is 3. The molecular formula is C17H16ClN3O3S2. The first-order valence-corrected chi connectivity index (χ1v) is 10.5. The van der Waals surface area contributed by atoms with Crippen LogP contribution in [-0.4, -0.2) is 25.2 Å². The second-order valence-corrected chi connectivity index (χ2v) is 8.77. The van der Waals surface area contributed by atoms with Crippen molar-refractivity contribution in [3.63, 3.8) is 0 Å². The molecule has 3 rings (SSSR count). The van der Waals surface area contributed by atoms with Crippen LogP contribution in [0.25, 0.3) is 0 Å². The molecule has 0 saturated carbocycles. The number of carbonyl (C=O) groups excluding carboxylic acids is 1. The maximum Gasteiger partial charge on any atom is 0.286 e. The molecule has 1 aliphatic rings. The Morgan fingerprint density at radius 2 is 2.00 bits per heavy atom. The normalized spacial score (nSPS) is 14.8. The van der Waals surface area contributed by atoms with Crippen LogP contribution in [0.2, 0.25) is 5.02 Å². The molecule has 6 nitrogen and oxygen atoms in total. The van der Waals surface area contributed by atoms with Crippen molar-refractivity contribution in [3.05, 3.63) is 52.5 Å². The lowest BCUT2D eigenvalue weighted by atomic mass is 10.2. The fraction of sp³-hybridized carbons (Fsp3) is 0.176. The molecule has 1 aliphatic heterocycles. The number of hydrogen-bond donors (Lipinski definition) is 2. The van der Waals surface area contributed by atoms with Crippen LogP contribution < -0.4 is 10.6 Å². The summed E-state index contributed by atoms with van der Waals surface area (Å²) in [6.45, 7) is 3.73. The summed E-state index contributed by atoms with van der Waals surface area (Å²) in [5.41, 5.74) is 2.89. The first kappa shape index (κ1) is 18.8. The van der Waals surface area contributed by atoms with E-state index in [1.54, 1.807) is 24.3 Å². The third-order valence-electron chi connectivity index (χ3n) is 3.67. The minimum Gasteiger partial charge on any atom is -0.333 e. The highest BCUT2D eigenvalue weighted by molar-refractivity contribution is 8.15. The van der Waals surface area contributed by atoms with E-state index in [0.29, 0.717) is 16.4 Å². The van der Waals surface area contributed by atoms with Crippen LogP contribution in [0.3, 0.4) is 0 Å². The third-order valence-corrected chi connectivity index (χ3v) is 6.23. The third kappa shape index (κ3) is 4.20. The number of hydrogen-bond acceptors (Lipinski definition) is 5. The lowest BCUT2D eigenvalue weighted by molar-refractivity contribution is -0.113. The number of aryl methyl sites for hydroxylation is 2. The van der Waals surface area contributed by atoms with Gasteiger partial charge in [0.2, 0.25) is 5.91 Å². The topological polar surface area (TPSA) is 87.6 Å². The molecule has 0 saturated heterocycles. The van der Waals surface area contributed by atoms with E-state index in [0.717, 1.165) is 22.9 Å². The monoisotopic (exact) mass is 409 g/mol. The van der Waals surface area contributed by atoms with Gasteiger partial charge in [-0.1, -0.05) is 35.5 Å². The van der Waals surface area contributed by atoms with E-state index in [9.17, 15) is 13.2 Å². The molecule has 2 N–H and O–H groups in total.